The number of aromatic nitrogens is 2. The molecule has 3 rings (SSSR count). The van der Waals surface area contributed by atoms with Gasteiger partial charge in [0.1, 0.15) is 11.6 Å². The molecule has 152 valence electrons. The number of sulfonamides is 1. The summed E-state index contributed by atoms with van der Waals surface area (Å²) in [7, 11) is -2.35. The van der Waals surface area contributed by atoms with Gasteiger partial charge in [0, 0.05) is 18.2 Å². The summed E-state index contributed by atoms with van der Waals surface area (Å²) >= 11 is 5.63. The fraction of sp³-hybridized carbons (Fsp3) is 0.158. The van der Waals surface area contributed by atoms with Gasteiger partial charge >= 0.3 is 0 Å². The van der Waals surface area contributed by atoms with Gasteiger partial charge in [-0.05, 0) is 48.5 Å². The highest BCUT2D eigenvalue weighted by Gasteiger charge is 2.15. The molecule has 0 aliphatic rings. The number of nitrogens with one attached hydrogen (secondary N) is 1. The Balaban J connectivity index is 1.73. The lowest BCUT2D eigenvalue weighted by Gasteiger charge is -2.10. The summed E-state index contributed by atoms with van der Waals surface area (Å²) in [5.74, 6) is -0.0194. The van der Waals surface area contributed by atoms with Crippen molar-refractivity contribution >= 4 is 21.6 Å². The Morgan fingerprint density at radius 2 is 1.86 bits per heavy atom. The molecule has 7 nitrogen and oxygen atoms in total. The van der Waals surface area contributed by atoms with Crippen molar-refractivity contribution in [1.82, 2.24) is 14.5 Å². The molecule has 0 spiro atoms. The molecule has 1 N–H and O–H groups in total. The van der Waals surface area contributed by atoms with E-state index in [-0.39, 0.29) is 28.6 Å². The average molecular weight is 438 g/mol. The molecule has 0 aliphatic carbocycles. The zero-order valence-corrected chi connectivity index (χ0v) is 16.9. The lowest BCUT2D eigenvalue weighted by atomic mass is 10.1. The van der Waals surface area contributed by atoms with Gasteiger partial charge in [-0.15, -0.1) is 0 Å². The number of benzene rings is 2. The molecular weight excluding hydrogens is 421 g/mol. The van der Waals surface area contributed by atoms with Crippen molar-refractivity contribution in [2.45, 2.75) is 11.4 Å². The van der Waals surface area contributed by atoms with Gasteiger partial charge in [-0.25, -0.2) is 22.2 Å². The third-order valence-electron chi connectivity index (χ3n) is 4.07. The van der Waals surface area contributed by atoms with E-state index >= 15 is 0 Å². The number of nitrogens with zero attached hydrogens (tertiary/aromatic N) is 2. The molecule has 3 aromatic rings. The monoisotopic (exact) mass is 437 g/mol. The maximum absolute atomic E-state index is 13.2. The van der Waals surface area contributed by atoms with E-state index in [2.05, 4.69) is 9.82 Å². The predicted molar refractivity (Wildman–Crippen MR) is 107 cm³/mol. The van der Waals surface area contributed by atoms with Gasteiger partial charge in [0.25, 0.3) is 5.56 Å². The van der Waals surface area contributed by atoms with Crippen LogP contribution in [0.2, 0.25) is 5.02 Å². The van der Waals surface area contributed by atoms with Gasteiger partial charge in [-0.2, -0.15) is 5.10 Å². The van der Waals surface area contributed by atoms with Crippen LogP contribution in [0.5, 0.6) is 5.75 Å². The van der Waals surface area contributed by atoms with Crippen LogP contribution in [0.3, 0.4) is 0 Å². The van der Waals surface area contributed by atoms with Gasteiger partial charge in [-0.1, -0.05) is 11.6 Å². The maximum atomic E-state index is 13.2. The third kappa shape index (κ3) is 5.00. The van der Waals surface area contributed by atoms with Crippen molar-refractivity contribution in [3.63, 3.8) is 0 Å². The van der Waals surface area contributed by atoms with E-state index in [9.17, 15) is 17.6 Å². The minimum absolute atomic E-state index is 0.0109. The lowest BCUT2D eigenvalue weighted by Crippen LogP contribution is -2.32. The SMILES string of the molecule is COc1ccc(-c2ccc(=O)n(CCNS(=O)(=O)c3ccc(F)c(Cl)c3)n2)cc1. The second-order valence-electron chi connectivity index (χ2n) is 5.98. The fourth-order valence-electron chi connectivity index (χ4n) is 2.54. The number of methoxy groups -OCH3 is 1. The van der Waals surface area contributed by atoms with Crippen LogP contribution < -0.4 is 15.0 Å². The Bertz CT molecular complexity index is 1180. The van der Waals surface area contributed by atoms with E-state index in [0.29, 0.717) is 11.4 Å². The van der Waals surface area contributed by atoms with Crippen LogP contribution in [-0.4, -0.2) is 31.9 Å². The fourth-order valence-corrected chi connectivity index (χ4v) is 3.83. The molecular formula is C19H17ClFN3O4S. The Hall–Kier alpha value is -2.75. The summed E-state index contributed by atoms with van der Waals surface area (Å²) in [5.41, 5.74) is 0.966. The highest BCUT2D eigenvalue weighted by Crippen LogP contribution is 2.20. The summed E-state index contributed by atoms with van der Waals surface area (Å²) < 4.78 is 46.5. The molecule has 0 fully saturated rings. The molecule has 0 radical (unpaired) electrons. The molecule has 0 amide bonds. The third-order valence-corrected chi connectivity index (χ3v) is 5.82. The zero-order chi connectivity index (χ0) is 21.0. The molecule has 29 heavy (non-hydrogen) atoms. The molecule has 0 atom stereocenters. The van der Waals surface area contributed by atoms with Crippen molar-refractivity contribution in [2.75, 3.05) is 13.7 Å². The summed E-state index contributed by atoms with van der Waals surface area (Å²) in [4.78, 5) is 11.9. The van der Waals surface area contributed by atoms with Crippen molar-refractivity contribution in [3.05, 3.63) is 75.8 Å². The Kier molecular flexibility index (Phi) is 6.31. The standard InChI is InChI=1S/C19H17ClFN3O4S/c1-28-14-4-2-13(3-5-14)18-8-9-19(25)24(23-18)11-10-22-29(26,27)15-6-7-17(21)16(20)12-15/h2-9,12,22H,10-11H2,1H3. The van der Waals surface area contributed by atoms with E-state index in [1.807, 2.05) is 0 Å². The molecule has 0 bridgehead atoms. The Labute approximate surface area is 171 Å². The highest BCUT2D eigenvalue weighted by atomic mass is 35.5. The first-order valence-corrected chi connectivity index (χ1v) is 10.3. The van der Waals surface area contributed by atoms with E-state index in [1.165, 1.54) is 10.7 Å². The van der Waals surface area contributed by atoms with Crippen molar-refractivity contribution in [1.29, 1.82) is 0 Å². The average Bonchev–Trinajstić information content (AvgIpc) is 2.71. The summed E-state index contributed by atoms with van der Waals surface area (Å²) in [6.07, 6.45) is 0. The largest absolute Gasteiger partial charge is 0.497 e. The van der Waals surface area contributed by atoms with Crippen LogP contribution in [-0.2, 0) is 16.6 Å². The lowest BCUT2D eigenvalue weighted by molar-refractivity contribution is 0.415. The van der Waals surface area contributed by atoms with Crippen LogP contribution in [0, 0.1) is 5.82 Å². The zero-order valence-electron chi connectivity index (χ0n) is 15.3. The van der Waals surface area contributed by atoms with E-state index in [4.69, 9.17) is 16.3 Å². The van der Waals surface area contributed by atoms with Gasteiger partial charge < -0.3 is 4.74 Å². The first-order valence-electron chi connectivity index (χ1n) is 8.47. The molecule has 0 saturated carbocycles. The molecule has 1 aromatic heterocycles. The first-order chi connectivity index (χ1) is 13.8. The maximum Gasteiger partial charge on any atom is 0.266 e. The second kappa shape index (κ2) is 8.73. The smallest absolute Gasteiger partial charge is 0.266 e. The van der Waals surface area contributed by atoms with Crippen molar-refractivity contribution in [3.8, 4) is 17.0 Å². The molecule has 2 aromatic carbocycles. The number of ether oxygens (including phenoxy) is 1. The summed E-state index contributed by atoms with van der Waals surface area (Å²) in [6.45, 7) is -0.0761. The molecule has 0 aliphatic heterocycles. The van der Waals surface area contributed by atoms with Gasteiger partial charge in [0.2, 0.25) is 10.0 Å². The Morgan fingerprint density at radius 1 is 1.14 bits per heavy atom. The highest BCUT2D eigenvalue weighted by molar-refractivity contribution is 7.89. The number of halogens is 2. The summed E-state index contributed by atoms with van der Waals surface area (Å²) in [5, 5.41) is 3.98. The molecule has 0 saturated heterocycles. The quantitative estimate of drug-likeness (QED) is 0.613. The predicted octanol–water partition coefficient (Wildman–Crippen LogP) is 2.69. The van der Waals surface area contributed by atoms with Crippen LogP contribution in [0.15, 0.2) is 64.3 Å². The van der Waals surface area contributed by atoms with Gasteiger partial charge in [0.05, 0.1) is 29.3 Å². The van der Waals surface area contributed by atoms with Crippen molar-refractivity contribution < 1.29 is 17.5 Å². The summed E-state index contributed by atoms with van der Waals surface area (Å²) in [6, 6.07) is 13.2. The van der Waals surface area contributed by atoms with E-state index < -0.39 is 15.8 Å². The Morgan fingerprint density at radius 3 is 2.52 bits per heavy atom. The number of rotatable bonds is 7. The topological polar surface area (TPSA) is 90.3 Å². The van der Waals surface area contributed by atoms with Crippen LogP contribution >= 0.6 is 11.6 Å². The second-order valence-corrected chi connectivity index (χ2v) is 8.16. The minimum atomic E-state index is -3.91. The van der Waals surface area contributed by atoms with E-state index in [1.54, 1.807) is 37.4 Å². The van der Waals surface area contributed by atoms with Gasteiger partial charge in [-0.3, -0.25) is 4.79 Å². The minimum Gasteiger partial charge on any atom is -0.497 e. The molecule has 1 heterocycles. The normalized spacial score (nSPS) is 11.4. The molecule has 0 unspecified atom stereocenters. The van der Waals surface area contributed by atoms with Crippen LogP contribution in [0.25, 0.3) is 11.3 Å². The number of hydrogen-bond donors (Lipinski definition) is 1. The van der Waals surface area contributed by atoms with Crippen LogP contribution in [0.4, 0.5) is 4.39 Å². The van der Waals surface area contributed by atoms with Gasteiger partial charge in [0.15, 0.2) is 0 Å². The first kappa shape index (κ1) is 21.0. The molecule has 10 heteroatoms. The van der Waals surface area contributed by atoms with Crippen LogP contribution in [0.1, 0.15) is 0 Å². The number of hydrogen-bond acceptors (Lipinski definition) is 5. The van der Waals surface area contributed by atoms with E-state index in [0.717, 1.165) is 23.8 Å². The van der Waals surface area contributed by atoms with Crippen molar-refractivity contribution in [2.24, 2.45) is 0 Å².